The molecule has 3 rings (SSSR count). The van der Waals surface area contributed by atoms with Crippen molar-refractivity contribution in [3.8, 4) is 5.75 Å². The van der Waals surface area contributed by atoms with Crippen LogP contribution in [0.4, 0.5) is 5.95 Å². The standard InChI is InChI=1S/C15H15ClN4O2/c1-9-8-20(13-12(9)18-15(17)19-14(13)21)6-7-22-11-4-2-10(16)3-5-11/h2-5,8H,6-7H2,1H3,(H3,17,18,19,21). The molecule has 3 N–H and O–H groups in total. The van der Waals surface area contributed by atoms with Crippen LogP contribution in [0, 0.1) is 6.92 Å². The third-order valence-electron chi connectivity index (χ3n) is 3.34. The van der Waals surface area contributed by atoms with Crippen LogP contribution in [0.5, 0.6) is 5.75 Å². The Labute approximate surface area is 131 Å². The molecule has 3 aromatic rings. The first-order valence-electron chi connectivity index (χ1n) is 6.78. The molecule has 0 saturated carbocycles. The zero-order valence-corrected chi connectivity index (χ0v) is 12.7. The molecule has 6 nitrogen and oxygen atoms in total. The number of nitrogen functional groups attached to an aromatic ring is 1. The second kappa shape index (κ2) is 5.73. The molecule has 0 aliphatic carbocycles. The summed E-state index contributed by atoms with van der Waals surface area (Å²) < 4.78 is 7.48. The van der Waals surface area contributed by atoms with Crippen LogP contribution in [0.15, 0.2) is 35.3 Å². The lowest BCUT2D eigenvalue weighted by Gasteiger charge is -2.08. The van der Waals surface area contributed by atoms with Crippen LogP contribution in [0.25, 0.3) is 11.0 Å². The van der Waals surface area contributed by atoms with E-state index in [0.717, 1.165) is 11.3 Å². The lowest BCUT2D eigenvalue weighted by molar-refractivity contribution is 0.300. The van der Waals surface area contributed by atoms with Crippen molar-refractivity contribution in [1.82, 2.24) is 14.5 Å². The SMILES string of the molecule is Cc1cn(CCOc2ccc(Cl)cc2)c2c(=O)[nH]c(N)nc12. The highest BCUT2D eigenvalue weighted by Gasteiger charge is 2.11. The third kappa shape index (κ3) is 2.78. The van der Waals surface area contributed by atoms with E-state index in [-0.39, 0.29) is 11.5 Å². The molecule has 2 heterocycles. The molecule has 0 saturated heterocycles. The molecule has 0 amide bonds. The van der Waals surface area contributed by atoms with E-state index in [0.29, 0.717) is 29.2 Å². The number of halogens is 1. The Bertz CT molecular complexity index is 868. The minimum atomic E-state index is -0.248. The Balaban J connectivity index is 1.80. The van der Waals surface area contributed by atoms with Gasteiger partial charge in [0, 0.05) is 11.2 Å². The summed E-state index contributed by atoms with van der Waals surface area (Å²) in [6.07, 6.45) is 1.87. The first kappa shape index (κ1) is 14.5. The van der Waals surface area contributed by atoms with Crippen LogP contribution in [0.2, 0.25) is 5.02 Å². The number of H-pyrrole nitrogens is 1. The first-order valence-corrected chi connectivity index (χ1v) is 7.16. The number of fused-ring (bicyclic) bond motifs is 1. The molecule has 2 aromatic heterocycles. The van der Waals surface area contributed by atoms with Crippen molar-refractivity contribution in [3.63, 3.8) is 0 Å². The average Bonchev–Trinajstić information content (AvgIpc) is 2.78. The van der Waals surface area contributed by atoms with Gasteiger partial charge in [0.25, 0.3) is 5.56 Å². The van der Waals surface area contributed by atoms with Crippen LogP contribution in [-0.2, 0) is 6.54 Å². The van der Waals surface area contributed by atoms with Crippen LogP contribution >= 0.6 is 11.6 Å². The zero-order valence-electron chi connectivity index (χ0n) is 12.0. The molecular formula is C15H15ClN4O2. The molecule has 22 heavy (non-hydrogen) atoms. The summed E-state index contributed by atoms with van der Waals surface area (Å²) in [6.45, 7) is 2.85. The number of nitrogens with one attached hydrogen (secondary N) is 1. The fraction of sp³-hybridized carbons (Fsp3) is 0.200. The number of rotatable bonds is 4. The molecular weight excluding hydrogens is 304 g/mol. The lowest BCUT2D eigenvalue weighted by Crippen LogP contribution is -2.16. The molecule has 0 aliphatic rings. The van der Waals surface area contributed by atoms with Crippen LogP contribution < -0.4 is 16.0 Å². The van der Waals surface area contributed by atoms with E-state index in [2.05, 4.69) is 9.97 Å². The number of benzene rings is 1. The summed E-state index contributed by atoms with van der Waals surface area (Å²) in [4.78, 5) is 18.7. The highest BCUT2D eigenvalue weighted by atomic mass is 35.5. The Hall–Kier alpha value is -2.47. The summed E-state index contributed by atoms with van der Waals surface area (Å²) in [5.74, 6) is 0.852. The van der Waals surface area contributed by atoms with Crippen LogP contribution in [0.1, 0.15) is 5.56 Å². The monoisotopic (exact) mass is 318 g/mol. The maximum Gasteiger partial charge on any atom is 0.276 e. The normalized spacial score (nSPS) is 11.0. The van der Waals surface area contributed by atoms with Crippen molar-refractivity contribution >= 4 is 28.6 Å². The highest BCUT2D eigenvalue weighted by molar-refractivity contribution is 6.30. The predicted octanol–water partition coefficient (Wildman–Crippen LogP) is 2.35. The van der Waals surface area contributed by atoms with E-state index in [1.165, 1.54) is 0 Å². The van der Waals surface area contributed by atoms with Gasteiger partial charge in [-0.2, -0.15) is 0 Å². The van der Waals surface area contributed by atoms with Gasteiger partial charge in [-0.3, -0.25) is 9.78 Å². The van der Waals surface area contributed by atoms with Gasteiger partial charge in [-0.15, -0.1) is 0 Å². The Kier molecular flexibility index (Phi) is 3.77. The van der Waals surface area contributed by atoms with E-state index < -0.39 is 0 Å². The number of nitrogens with two attached hydrogens (primary N) is 1. The number of aromatic nitrogens is 3. The van der Waals surface area contributed by atoms with E-state index in [1.807, 2.05) is 17.7 Å². The third-order valence-corrected chi connectivity index (χ3v) is 3.59. The predicted molar refractivity (Wildman–Crippen MR) is 86.5 cm³/mol. The number of hydrogen-bond acceptors (Lipinski definition) is 4. The fourth-order valence-electron chi connectivity index (χ4n) is 2.35. The van der Waals surface area contributed by atoms with Gasteiger partial charge in [-0.1, -0.05) is 11.6 Å². The molecule has 0 bridgehead atoms. The van der Waals surface area contributed by atoms with Crippen LogP contribution in [0.3, 0.4) is 0 Å². The number of ether oxygens (including phenoxy) is 1. The minimum absolute atomic E-state index is 0.121. The van der Waals surface area contributed by atoms with E-state index in [9.17, 15) is 4.79 Å². The summed E-state index contributed by atoms with van der Waals surface area (Å²) >= 11 is 5.82. The number of hydrogen-bond donors (Lipinski definition) is 2. The summed E-state index contributed by atoms with van der Waals surface area (Å²) in [6, 6.07) is 7.14. The van der Waals surface area contributed by atoms with Gasteiger partial charge < -0.3 is 15.0 Å². The van der Waals surface area contributed by atoms with Gasteiger partial charge in [0.1, 0.15) is 23.4 Å². The van der Waals surface area contributed by atoms with E-state index in [4.69, 9.17) is 22.1 Å². The van der Waals surface area contributed by atoms with E-state index >= 15 is 0 Å². The Morgan fingerprint density at radius 3 is 2.82 bits per heavy atom. The smallest absolute Gasteiger partial charge is 0.276 e. The van der Waals surface area contributed by atoms with E-state index in [1.54, 1.807) is 24.3 Å². The van der Waals surface area contributed by atoms with Gasteiger partial charge >= 0.3 is 0 Å². The van der Waals surface area contributed by atoms with Gasteiger partial charge in [-0.25, -0.2) is 4.98 Å². The maximum atomic E-state index is 12.1. The largest absolute Gasteiger partial charge is 0.492 e. The first-order chi connectivity index (χ1) is 10.5. The van der Waals surface area contributed by atoms with Gasteiger partial charge in [0.05, 0.1) is 6.54 Å². The summed E-state index contributed by atoms with van der Waals surface area (Å²) in [5.41, 5.74) is 7.36. The zero-order chi connectivity index (χ0) is 15.7. The average molecular weight is 319 g/mol. The molecule has 0 spiro atoms. The topological polar surface area (TPSA) is 85.9 Å². The molecule has 114 valence electrons. The van der Waals surface area contributed by atoms with Crippen molar-refractivity contribution in [2.24, 2.45) is 0 Å². The summed E-state index contributed by atoms with van der Waals surface area (Å²) in [5, 5.41) is 0.662. The number of anilines is 1. The van der Waals surface area contributed by atoms with Gasteiger partial charge in [0.2, 0.25) is 5.95 Å². The number of aryl methyl sites for hydroxylation is 1. The number of nitrogens with zero attached hydrogens (tertiary/aromatic N) is 2. The minimum Gasteiger partial charge on any atom is -0.492 e. The van der Waals surface area contributed by atoms with Crippen molar-refractivity contribution in [1.29, 1.82) is 0 Å². The molecule has 0 radical (unpaired) electrons. The molecule has 0 atom stereocenters. The van der Waals surface area contributed by atoms with Crippen LogP contribution in [-0.4, -0.2) is 21.1 Å². The van der Waals surface area contributed by atoms with Gasteiger partial charge in [-0.05, 0) is 36.8 Å². The van der Waals surface area contributed by atoms with Crippen molar-refractivity contribution in [2.45, 2.75) is 13.5 Å². The Morgan fingerprint density at radius 2 is 2.09 bits per heavy atom. The number of aromatic amines is 1. The summed E-state index contributed by atoms with van der Waals surface area (Å²) in [7, 11) is 0. The molecule has 0 aliphatic heterocycles. The molecule has 1 aromatic carbocycles. The van der Waals surface area contributed by atoms with Crippen molar-refractivity contribution < 1.29 is 4.74 Å². The van der Waals surface area contributed by atoms with Crippen molar-refractivity contribution in [2.75, 3.05) is 12.3 Å². The highest BCUT2D eigenvalue weighted by Crippen LogP contribution is 2.17. The molecule has 0 fully saturated rings. The second-order valence-electron chi connectivity index (χ2n) is 4.96. The second-order valence-corrected chi connectivity index (χ2v) is 5.39. The fourth-order valence-corrected chi connectivity index (χ4v) is 2.48. The quantitative estimate of drug-likeness (QED) is 0.773. The molecule has 0 unspecified atom stereocenters. The van der Waals surface area contributed by atoms with Crippen molar-refractivity contribution in [3.05, 3.63) is 51.4 Å². The maximum absolute atomic E-state index is 12.1. The van der Waals surface area contributed by atoms with Gasteiger partial charge in [0.15, 0.2) is 0 Å². The lowest BCUT2D eigenvalue weighted by atomic mass is 10.3. The Morgan fingerprint density at radius 1 is 1.36 bits per heavy atom. The molecule has 7 heteroatoms.